The monoisotopic (exact) mass is 399 g/mol. The zero-order chi connectivity index (χ0) is 19.8. The molecule has 0 radical (unpaired) electrons. The number of likely N-dealkylation sites (N-methyl/N-ethyl adjacent to an activating group) is 1. The third-order valence-electron chi connectivity index (χ3n) is 4.90. The average Bonchev–Trinajstić information content (AvgIpc) is 3.27. The van der Waals surface area contributed by atoms with Gasteiger partial charge in [-0.25, -0.2) is 9.50 Å². The smallest absolute Gasteiger partial charge is 0.272 e. The average molecular weight is 400 g/mol. The van der Waals surface area contributed by atoms with Crippen molar-refractivity contribution in [1.29, 1.82) is 0 Å². The number of aromatic amines is 1. The fourth-order valence-electron chi connectivity index (χ4n) is 3.40. The van der Waals surface area contributed by atoms with Crippen LogP contribution in [-0.4, -0.2) is 44.4 Å². The number of anilines is 1. The molecular weight excluding hydrogens is 382 g/mol. The maximum absolute atomic E-state index is 12.7. The van der Waals surface area contributed by atoms with Crippen molar-refractivity contribution >= 4 is 34.7 Å². The van der Waals surface area contributed by atoms with Gasteiger partial charge < -0.3 is 10.2 Å². The van der Waals surface area contributed by atoms with E-state index >= 15 is 0 Å². The topological polar surface area (TPSA) is 99.6 Å². The van der Waals surface area contributed by atoms with Crippen molar-refractivity contribution in [3.8, 4) is 0 Å². The van der Waals surface area contributed by atoms with Crippen molar-refractivity contribution in [2.45, 2.75) is 19.3 Å². The van der Waals surface area contributed by atoms with Gasteiger partial charge in [-0.2, -0.15) is 0 Å². The molecule has 0 saturated carbocycles. The van der Waals surface area contributed by atoms with Gasteiger partial charge in [0.15, 0.2) is 5.65 Å². The number of fused-ring (bicyclic) bond motifs is 1. The van der Waals surface area contributed by atoms with Crippen LogP contribution in [0.1, 0.15) is 35.3 Å². The van der Waals surface area contributed by atoms with E-state index in [4.69, 9.17) is 11.6 Å². The highest BCUT2D eigenvalue weighted by atomic mass is 35.5. The molecule has 2 N–H and O–H groups in total. The number of hydrogen-bond donors (Lipinski definition) is 2. The number of carbonyl (C=O) groups excluding carboxylic acids is 2. The Morgan fingerprint density at radius 1 is 1.36 bits per heavy atom. The van der Waals surface area contributed by atoms with Crippen molar-refractivity contribution < 1.29 is 9.59 Å². The molecule has 3 heterocycles. The van der Waals surface area contributed by atoms with E-state index in [0.29, 0.717) is 35.9 Å². The van der Waals surface area contributed by atoms with Crippen LogP contribution in [0.15, 0.2) is 41.3 Å². The van der Waals surface area contributed by atoms with Crippen LogP contribution >= 0.6 is 11.6 Å². The quantitative estimate of drug-likeness (QED) is 0.702. The molecule has 1 saturated heterocycles. The molecule has 0 aliphatic carbocycles. The number of likely N-dealkylation sites (tertiary alicyclic amines) is 1. The summed E-state index contributed by atoms with van der Waals surface area (Å²) in [6.45, 7) is 3.05. The minimum Gasteiger partial charge on any atom is -0.342 e. The van der Waals surface area contributed by atoms with Gasteiger partial charge in [0.25, 0.3) is 11.5 Å². The van der Waals surface area contributed by atoms with Crippen molar-refractivity contribution in [3.63, 3.8) is 0 Å². The third-order valence-corrected chi connectivity index (χ3v) is 5.23. The summed E-state index contributed by atoms with van der Waals surface area (Å²) in [7, 11) is 0. The Morgan fingerprint density at radius 3 is 2.86 bits per heavy atom. The molecule has 1 aliphatic heterocycles. The first-order valence-electron chi connectivity index (χ1n) is 8.92. The molecule has 2 aromatic heterocycles. The van der Waals surface area contributed by atoms with Gasteiger partial charge in [-0.1, -0.05) is 23.7 Å². The van der Waals surface area contributed by atoms with E-state index in [9.17, 15) is 14.4 Å². The Bertz CT molecular complexity index is 1140. The Hall–Kier alpha value is -3.13. The second-order valence-electron chi connectivity index (χ2n) is 6.63. The zero-order valence-electron chi connectivity index (χ0n) is 15.1. The lowest BCUT2D eigenvalue weighted by molar-refractivity contribution is -0.127. The Morgan fingerprint density at radius 2 is 2.14 bits per heavy atom. The van der Waals surface area contributed by atoms with Gasteiger partial charge in [-0.05, 0) is 19.1 Å². The largest absolute Gasteiger partial charge is 0.342 e. The lowest BCUT2D eigenvalue weighted by Gasteiger charge is -2.13. The Balaban J connectivity index is 1.70. The summed E-state index contributed by atoms with van der Waals surface area (Å²) < 4.78 is 1.21. The van der Waals surface area contributed by atoms with Crippen LogP contribution < -0.4 is 10.9 Å². The molecule has 2 amide bonds. The Labute approximate surface area is 165 Å². The molecule has 1 aromatic carbocycles. The van der Waals surface area contributed by atoms with Gasteiger partial charge in [0, 0.05) is 37.7 Å². The maximum Gasteiger partial charge on any atom is 0.272 e. The van der Waals surface area contributed by atoms with Crippen LogP contribution in [0.3, 0.4) is 0 Å². The summed E-state index contributed by atoms with van der Waals surface area (Å²) in [6, 6.07) is 8.29. The molecule has 1 fully saturated rings. The summed E-state index contributed by atoms with van der Waals surface area (Å²) >= 11 is 6.10. The van der Waals surface area contributed by atoms with Gasteiger partial charge in [0.2, 0.25) is 5.91 Å². The van der Waals surface area contributed by atoms with Crippen LogP contribution in [0.2, 0.25) is 5.02 Å². The second kappa shape index (κ2) is 7.12. The molecule has 0 bridgehead atoms. The van der Waals surface area contributed by atoms with E-state index in [1.165, 1.54) is 16.8 Å². The normalized spacial score (nSPS) is 16.7. The molecular formula is C19H18ClN5O3. The number of amides is 2. The summed E-state index contributed by atoms with van der Waals surface area (Å²) in [6.07, 6.45) is 1.74. The number of aromatic nitrogens is 3. The number of nitrogens with one attached hydrogen (secondary N) is 2. The first kappa shape index (κ1) is 18.2. The van der Waals surface area contributed by atoms with Crippen LogP contribution in [0.5, 0.6) is 0 Å². The molecule has 4 rings (SSSR count). The standard InChI is InChI=1S/C19H18ClN5O3/c1-2-24-10-11(7-16(24)26)15-8-17(27)25-18(22-15)12(9-21-25)19(28)23-14-6-4-3-5-13(14)20/h3-6,8-9,11,21H,2,7,10H2,1H3,(H,23,28)/t11-/m1/s1. The van der Waals surface area contributed by atoms with Gasteiger partial charge in [-0.15, -0.1) is 0 Å². The molecule has 1 atom stereocenters. The van der Waals surface area contributed by atoms with Crippen molar-refractivity contribution in [3.05, 3.63) is 63.2 Å². The van der Waals surface area contributed by atoms with Gasteiger partial charge in [-0.3, -0.25) is 19.5 Å². The molecule has 8 nitrogen and oxygen atoms in total. The van der Waals surface area contributed by atoms with E-state index in [2.05, 4.69) is 15.4 Å². The number of halogens is 1. The SMILES string of the molecule is CCN1C[C@H](c2cc(=O)n3[nH]cc(C(=O)Nc4ccccc4Cl)c3n2)CC1=O. The summed E-state index contributed by atoms with van der Waals surface area (Å²) in [5.41, 5.74) is 1.08. The number of carbonyl (C=O) groups is 2. The number of nitrogens with zero attached hydrogens (tertiary/aromatic N) is 3. The van der Waals surface area contributed by atoms with Gasteiger partial charge >= 0.3 is 0 Å². The molecule has 28 heavy (non-hydrogen) atoms. The first-order valence-corrected chi connectivity index (χ1v) is 9.30. The van der Waals surface area contributed by atoms with E-state index in [0.717, 1.165) is 0 Å². The molecule has 144 valence electrons. The van der Waals surface area contributed by atoms with E-state index in [1.54, 1.807) is 29.2 Å². The van der Waals surface area contributed by atoms with Crippen LogP contribution in [-0.2, 0) is 4.79 Å². The maximum atomic E-state index is 12.7. The minimum atomic E-state index is -0.436. The fourth-order valence-corrected chi connectivity index (χ4v) is 3.59. The van der Waals surface area contributed by atoms with Crippen molar-refractivity contribution in [2.24, 2.45) is 0 Å². The predicted molar refractivity (Wildman–Crippen MR) is 105 cm³/mol. The Kier molecular flexibility index (Phi) is 4.64. The summed E-state index contributed by atoms with van der Waals surface area (Å²) in [5.74, 6) is -0.562. The number of rotatable bonds is 4. The van der Waals surface area contributed by atoms with Gasteiger partial charge in [0.1, 0.15) is 5.56 Å². The summed E-state index contributed by atoms with van der Waals surface area (Å²) in [5, 5.41) is 5.89. The zero-order valence-corrected chi connectivity index (χ0v) is 15.9. The number of para-hydroxylation sites is 1. The number of benzene rings is 1. The van der Waals surface area contributed by atoms with Gasteiger partial charge in [0.05, 0.1) is 16.4 Å². The highest BCUT2D eigenvalue weighted by Gasteiger charge is 2.31. The van der Waals surface area contributed by atoms with E-state index in [-0.39, 0.29) is 28.6 Å². The first-order chi connectivity index (χ1) is 13.5. The van der Waals surface area contributed by atoms with Crippen LogP contribution in [0.4, 0.5) is 5.69 Å². The van der Waals surface area contributed by atoms with E-state index in [1.807, 2.05) is 6.92 Å². The molecule has 1 aliphatic rings. The second-order valence-corrected chi connectivity index (χ2v) is 7.04. The van der Waals surface area contributed by atoms with E-state index < -0.39 is 5.91 Å². The van der Waals surface area contributed by atoms with Crippen molar-refractivity contribution in [2.75, 3.05) is 18.4 Å². The predicted octanol–water partition coefficient (Wildman–Crippen LogP) is 2.26. The minimum absolute atomic E-state index is 0.0419. The lowest BCUT2D eigenvalue weighted by Crippen LogP contribution is -2.24. The van der Waals surface area contributed by atoms with Crippen LogP contribution in [0.25, 0.3) is 5.65 Å². The molecule has 0 unspecified atom stereocenters. The molecule has 3 aromatic rings. The lowest BCUT2D eigenvalue weighted by atomic mass is 10.0. The molecule has 9 heteroatoms. The van der Waals surface area contributed by atoms with Crippen LogP contribution in [0, 0.1) is 0 Å². The summed E-state index contributed by atoms with van der Waals surface area (Å²) in [4.78, 5) is 43.5. The molecule has 0 spiro atoms. The number of H-pyrrole nitrogens is 1. The highest BCUT2D eigenvalue weighted by Crippen LogP contribution is 2.27. The fraction of sp³-hybridized carbons (Fsp3) is 0.263. The third kappa shape index (κ3) is 3.16. The van der Waals surface area contributed by atoms with Crippen molar-refractivity contribution in [1.82, 2.24) is 19.5 Å². The highest BCUT2D eigenvalue weighted by molar-refractivity contribution is 6.34. The number of hydrogen-bond acceptors (Lipinski definition) is 4.